The second kappa shape index (κ2) is 3.77. The summed E-state index contributed by atoms with van der Waals surface area (Å²) < 4.78 is 0. The minimum absolute atomic E-state index is 0.141. The van der Waals surface area contributed by atoms with E-state index in [1.807, 2.05) is 6.92 Å². The van der Waals surface area contributed by atoms with Gasteiger partial charge in [-0.05, 0) is 25.7 Å². The first-order valence-electron chi connectivity index (χ1n) is 4.94. The highest BCUT2D eigenvalue weighted by molar-refractivity contribution is 5.91. The van der Waals surface area contributed by atoms with Crippen LogP contribution in [0, 0.1) is 5.92 Å². The van der Waals surface area contributed by atoms with E-state index in [0.717, 1.165) is 0 Å². The predicted molar refractivity (Wildman–Crippen MR) is 50.7 cm³/mol. The molecule has 14 heavy (non-hydrogen) atoms. The van der Waals surface area contributed by atoms with E-state index in [4.69, 9.17) is 0 Å². The van der Waals surface area contributed by atoms with Gasteiger partial charge in [0.15, 0.2) is 5.69 Å². The highest BCUT2D eigenvalue weighted by Gasteiger charge is 2.25. The van der Waals surface area contributed by atoms with Gasteiger partial charge in [-0.2, -0.15) is 15.4 Å². The molecule has 1 aromatic rings. The molecule has 5 heteroatoms. The molecular weight excluding hydrogens is 180 g/mol. The van der Waals surface area contributed by atoms with Crippen molar-refractivity contribution in [2.45, 2.75) is 32.2 Å². The van der Waals surface area contributed by atoms with Crippen LogP contribution in [-0.2, 0) is 0 Å². The molecular formula is C9H14N4O. The van der Waals surface area contributed by atoms with Crippen LogP contribution in [0.1, 0.15) is 36.7 Å². The second-order valence-electron chi connectivity index (χ2n) is 3.81. The monoisotopic (exact) mass is 194 g/mol. The van der Waals surface area contributed by atoms with Crippen molar-refractivity contribution < 1.29 is 4.79 Å². The summed E-state index contributed by atoms with van der Waals surface area (Å²) in [7, 11) is 0. The fourth-order valence-corrected chi connectivity index (χ4v) is 1.65. The van der Waals surface area contributed by atoms with Crippen LogP contribution >= 0.6 is 0 Å². The third-order valence-corrected chi connectivity index (χ3v) is 2.86. The Morgan fingerprint density at radius 2 is 2.50 bits per heavy atom. The topological polar surface area (TPSA) is 70.7 Å². The number of aromatic nitrogens is 3. The summed E-state index contributed by atoms with van der Waals surface area (Å²) in [4.78, 5) is 11.5. The van der Waals surface area contributed by atoms with Gasteiger partial charge in [-0.25, -0.2) is 0 Å². The first-order valence-corrected chi connectivity index (χ1v) is 4.94. The number of hydrogen-bond acceptors (Lipinski definition) is 3. The first kappa shape index (κ1) is 9.18. The molecule has 5 nitrogen and oxygen atoms in total. The molecule has 1 aromatic heterocycles. The van der Waals surface area contributed by atoms with Gasteiger partial charge < -0.3 is 5.32 Å². The van der Waals surface area contributed by atoms with Gasteiger partial charge in [0.25, 0.3) is 5.91 Å². The molecule has 1 heterocycles. The zero-order chi connectivity index (χ0) is 9.97. The minimum Gasteiger partial charge on any atom is -0.348 e. The molecule has 76 valence electrons. The second-order valence-corrected chi connectivity index (χ2v) is 3.81. The Kier molecular flexibility index (Phi) is 2.47. The van der Waals surface area contributed by atoms with Gasteiger partial charge in [-0.3, -0.25) is 4.79 Å². The van der Waals surface area contributed by atoms with Gasteiger partial charge in [-0.1, -0.05) is 6.42 Å². The Morgan fingerprint density at radius 3 is 3.00 bits per heavy atom. The number of hydrogen-bond donors (Lipinski definition) is 2. The maximum absolute atomic E-state index is 11.5. The fourth-order valence-electron chi connectivity index (χ4n) is 1.65. The molecule has 1 amide bonds. The Hall–Kier alpha value is -1.39. The number of rotatable bonds is 3. The molecule has 2 rings (SSSR count). The van der Waals surface area contributed by atoms with E-state index >= 15 is 0 Å². The third-order valence-electron chi connectivity index (χ3n) is 2.86. The van der Waals surface area contributed by atoms with Crippen molar-refractivity contribution in [2.75, 3.05) is 0 Å². The smallest absolute Gasteiger partial charge is 0.273 e. The molecule has 0 aliphatic heterocycles. The lowest BCUT2D eigenvalue weighted by Crippen LogP contribution is -2.40. The first-order chi connectivity index (χ1) is 6.77. The van der Waals surface area contributed by atoms with Crippen molar-refractivity contribution in [3.63, 3.8) is 0 Å². The van der Waals surface area contributed by atoms with Gasteiger partial charge in [-0.15, -0.1) is 0 Å². The van der Waals surface area contributed by atoms with E-state index in [2.05, 4.69) is 20.7 Å². The molecule has 1 aliphatic rings. The molecule has 0 saturated heterocycles. The zero-order valence-corrected chi connectivity index (χ0v) is 8.16. The van der Waals surface area contributed by atoms with E-state index in [9.17, 15) is 4.79 Å². The van der Waals surface area contributed by atoms with E-state index in [0.29, 0.717) is 11.6 Å². The van der Waals surface area contributed by atoms with Crippen LogP contribution in [-0.4, -0.2) is 27.4 Å². The number of carbonyl (C=O) groups is 1. The lowest BCUT2D eigenvalue weighted by Gasteiger charge is -2.31. The Labute approximate surface area is 82.3 Å². The maximum atomic E-state index is 11.5. The summed E-state index contributed by atoms with van der Waals surface area (Å²) in [6, 6.07) is 0.243. The average molecular weight is 194 g/mol. The van der Waals surface area contributed by atoms with Crippen molar-refractivity contribution in [1.82, 2.24) is 20.7 Å². The largest absolute Gasteiger partial charge is 0.348 e. The van der Waals surface area contributed by atoms with Crippen LogP contribution in [0.2, 0.25) is 0 Å². The Morgan fingerprint density at radius 1 is 1.71 bits per heavy atom. The molecule has 0 radical (unpaired) electrons. The average Bonchev–Trinajstić information content (AvgIpc) is 2.51. The van der Waals surface area contributed by atoms with Crippen molar-refractivity contribution in [3.05, 3.63) is 11.9 Å². The molecule has 1 saturated carbocycles. The summed E-state index contributed by atoms with van der Waals surface area (Å²) in [5.41, 5.74) is 0.358. The predicted octanol–water partition coefficient (Wildman–Crippen LogP) is 0.723. The number of aromatic amines is 1. The van der Waals surface area contributed by atoms with Crippen molar-refractivity contribution >= 4 is 5.91 Å². The quantitative estimate of drug-likeness (QED) is 0.745. The van der Waals surface area contributed by atoms with Crippen LogP contribution in [0.3, 0.4) is 0 Å². The van der Waals surface area contributed by atoms with E-state index < -0.39 is 0 Å². The van der Waals surface area contributed by atoms with Crippen LogP contribution in [0.25, 0.3) is 0 Å². The molecule has 2 N–H and O–H groups in total. The summed E-state index contributed by atoms with van der Waals surface area (Å²) in [5, 5.41) is 12.7. The van der Waals surface area contributed by atoms with Crippen molar-refractivity contribution in [3.8, 4) is 0 Å². The number of carbonyl (C=O) groups excluding carboxylic acids is 1. The summed E-state index contributed by atoms with van der Waals surface area (Å²) in [6.07, 6.45) is 5.16. The highest BCUT2D eigenvalue weighted by atomic mass is 16.2. The number of H-pyrrole nitrogens is 1. The molecule has 1 atom stereocenters. The van der Waals surface area contributed by atoms with Gasteiger partial charge in [0.2, 0.25) is 0 Å². The van der Waals surface area contributed by atoms with Crippen LogP contribution < -0.4 is 5.32 Å². The third kappa shape index (κ3) is 1.76. The van der Waals surface area contributed by atoms with Gasteiger partial charge in [0.1, 0.15) is 0 Å². The molecule has 0 bridgehead atoms. The van der Waals surface area contributed by atoms with Gasteiger partial charge in [0, 0.05) is 6.04 Å². The Balaban J connectivity index is 1.87. The number of amides is 1. The van der Waals surface area contributed by atoms with Crippen molar-refractivity contribution in [1.29, 1.82) is 0 Å². The fraction of sp³-hybridized carbons (Fsp3) is 0.667. The lowest BCUT2D eigenvalue weighted by atomic mass is 9.80. The zero-order valence-electron chi connectivity index (χ0n) is 8.16. The normalized spacial score (nSPS) is 18.6. The highest BCUT2D eigenvalue weighted by Crippen LogP contribution is 2.29. The van der Waals surface area contributed by atoms with Gasteiger partial charge in [0.05, 0.1) is 6.20 Å². The van der Waals surface area contributed by atoms with E-state index in [1.165, 1.54) is 25.5 Å². The maximum Gasteiger partial charge on any atom is 0.273 e. The van der Waals surface area contributed by atoms with E-state index in [-0.39, 0.29) is 11.9 Å². The molecule has 1 aliphatic carbocycles. The lowest BCUT2D eigenvalue weighted by molar-refractivity contribution is 0.0904. The number of nitrogens with zero attached hydrogens (tertiary/aromatic N) is 2. The molecule has 0 spiro atoms. The summed E-state index contributed by atoms with van der Waals surface area (Å²) in [6.45, 7) is 2.04. The molecule has 1 fully saturated rings. The van der Waals surface area contributed by atoms with Crippen molar-refractivity contribution in [2.24, 2.45) is 5.92 Å². The van der Waals surface area contributed by atoms with E-state index in [1.54, 1.807) is 0 Å². The molecule has 1 unspecified atom stereocenters. The standard InChI is InChI=1S/C9H14N4O/c1-6(7-3-2-4-7)11-9(14)8-5-10-13-12-8/h5-7H,2-4H2,1H3,(H,11,14)(H,10,12,13). The Bertz CT molecular complexity index is 305. The summed E-state index contributed by atoms with van der Waals surface area (Å²) in [5.74, 6) is 0.504. The summed E-state index contributed by atoms with van der Waals surface area (Å²) >= 11 is 0. The SMILES string of the molecule is CC(NC(=O)c1cn[nH]n1)C1CCC1. The number of nitrogens with one attached hydrogen (secondary N) is 2. The van der Waals surface area contributed by atoms with Crippen LogP contribution in [0.15, 0.2) is 6.20 Å². The van der Waals surface area contributed by atoms with Crippen LogP contribution in [0.5, 0.6) is 0 Å². The van der Waals surface area contributed by atoms with Crippen LogP contribution in [0.4, 0.5) is 0 Å². The minimum atomic E-state index is -0.141. The molecule has 0 aromatic carbocycles. The van der Waals surface area contributed by atoms with Gasteiger partial charge >= 0.3 is 0 Å².